The SMILES string of the molecule is O=C(C[C@@H]1OCCN(CCO)C1=O)Nc1ccc(Cl)cc1. The van der Waals surface area contributed by atoms with Gasteiger partial charge in [0.1, 0.15) is 6.10 Å². The number of nitrogens with one attached hydrogen (secondary N) is 1. The molecule has 0 aromatic heterocycles. The summed E-state index contributed by atoms with van der Waals surface area (Å²) in [6, 6.07) is 6.70. The van der Waals surface area contributed by atoms with Gasteiger partial charge < -0.3 is 20.1 Å². The molecule has 1 saturated heterocycles. The highest BCUT2D eigenvalue weighted by Gasteiger charge is 2.30. The first kappa shape index (κ1) is 15.8. The van der Waals surface area contributed by atoms with Crippen LogP contribution < -0.4 is 5.32 Å². The van der Waals surface area contributed by atoms with Gasteiger partial charge >= 0.3 is 0 Å². The molecule has 0 aliphatic carbocycles. The van der Waals surface area contributed by atoms with Crippen molar-refractivity contribution in [1.29, 1.82) is 0 Å². The zero-order chi connectivity index (χ0) is 15.2. The lowest BCUT2D eigenvalue weighted by atomic mass is 10.1. The lowest BCUT2D eigenvalue weighted by Gasteiger charge is -2.31. The van der Waals surface area contributed by atoms with Crippen molar-refractivity contribution in [3.8, 4) is 0 Å². The molecule has 2 rings (SSSR count). The van der Waals surface area contributed by atoms with Crippen molar-refractivity contribution in [2.24, 2.45) is 0 Å². The summed E-state index contributed by atoms with van der Waals surface area (Å²) in [6.07, 6.45) is -0.846. The van der Waals surface area contributed by atoms with Crippen molar-refractivity contribution in [2.45, 2.75) is 12.5 Å². The summed E-state index contributed by atoms with van der Waals surface area (Å²) < 4.78 is 5.34. The number of carbonyl (C=O) groups is 2. The minimum Gasteiger partial charge on any atom is -0.395 e. The quantitative estimate of drug-likeness (QED) is 0.846. The van der Waals surface area contributed by atoms with Gasteiger partial charge in [0, 0.05) is 23.8 Å². The summed E-state index contributed by atoms with van der Waals surface area (Å²) in [5.41, 5.74) is 0.611. The zero-order valence-electron chi connectivity index (χ0n) is 11.4. The van der Waals surface area contributed by atoms with Crippen LogP contribution in [-0.4, -0.2) is 54.2 Å². The number of hydrogen-bond acceptors (Lipinski definition) is 4. The Labute approximate surface area is 127 Å². The van der Waals surface area contributed by atoms with Crippen LogP contribution in [0.2, 0.25) is 5.02 Å². The molecule has 114 valence electrons. The average Bonchev–Trinajstić information content (AvgIpc) is 2.46. The normalized spacial score (nSPS) is 18.7. The van der Waals surface area contributed by atoms with Crippen LogP contribution in [-0.2, 0) is 14.3 Å². The van der Waals surface area contributed by atoms with Gasteiger partial charge in [-0.1, -0.05) is 11.6 Å². The van der Waals surface area contributed by atoms with Gasteiger partial charge in [-0.05, 0) is 24.3 Å². The molecule has 1 fully saturated rings. The highest BCUT2D eigenvalue weighted by molar-refractivity contribution is 6.30. The fraction of sp³-hybridized carbons (Fsp3) is 0.429. The van der Waals surface area contributed by atoms with Crippen molar-refractivity contribution < 1.29 is 19.4 Å². The van der Waals surface area contributed by atoms with Crippen molar-refractivity contribution in [3.05, 3.63) is 29.3 Å². The second kappa shape index (κ2) is 7.40. The fourth-order valence-electron chi connectivity index (χ4n) is 2.09. The summed E-state index contributed by atoms with van der Waals surface area (Å²) >= 11 is 5.77. The topological polar surface area (TPSA) is 78.9 Å². The van der Waals surface area contributed by atoms with Gasteiger partial charge in [-0.15, -0.1) is 0 Å². The van der Waals surface area contributed by atoms with Crippen LogP contribution in [0.4, 0.5) is 5.69 Å². The van der Waals surface area contributed by atoms with Crippen molar-refractivity contribution in [2.75, 3.05) is 31.6 Å². The minimum atomic E-state index is -0.794. The van der Waals surface area contributed by atoms with Crippen LogP contribution in [0.25, 0.3) is 0 Å². The number of halogens is 1. The van der Waals surface area contributed by atoms with Gasteiger partial charge in [0.25, 0.3) is 5.91 Å². The predicted octanol–water partition coefficient (Wildman–Crippen LogP) is 0.888. The van der Waals surface area contributed by atoms with Crippen molar-refractivity contribution >= 4 is 29.1 Å². The largest absolute Gasteiger partial charge is 0.395 e. The molecule has 0 saturated carbocycles. The molecule has 0 spiro atoms. The number of benzene rings is 1. The molecule has 7 heteroatoms. The van der Waals surface area contributed by atoms with E-state index in [0.29, 0.717) is 23.9 Å². The lowest BCUT2D eigenvalue weighted by molar-refractivity contribution is -0.155. The van der Waals surface area contributed by atoms with Crippen LogP contribution in [0, 0.1) is 0 Å². The molecule has 6 nitrogen and oxygen atoms in total. The fourth-order valence-corrected chi connectivity index (χ4v) is 2.22. The summed E-state index contributed by atoms with van der Waals surface area (Å²) in [6.45, 7) is 0.965. The first-order valence-corrected chi connectivity index (χ1v) is 7.04. The summed E-state index contributed by atoms with van der Waals surface area (Å²) in [5.74, 6) is -0.567. The van der Waals surface area contributed by atoms with E-state index in [-0.39, 0.29) is 31.4 Å². The Bertz CT molecular complexity index is 504. The van der Waals surface area contributed by atoms with Crippen LogP contribution in [0.1, 0.15) is 6.42 Å². The number of aliphatic hydroxyl groups excluding tert-OH is 1. The number of aliphatic hydroxyl groups is 1. The van der Waals surface area contributed by atoms with Crippen molar-refractivity contribution in [3.63, 3.8) is 0 Å². The number of hydrogen-bond donors (Lipinski definition) is 2. The molecule has 1 heterocycles. The number of β-amino-alcohol motifs (C(OH)–C–C–N with tert-alkyl or cyclic N) is 1. The first-order valence-electron chi connectivity index (χ1n) is 6.67. The molecule has 1 aliphatic heterocycles. The predicted molar refractivity (Wildman–Crippen MR) is 78.1 cm³/mol. The number of carbonyl (C=O) groups excluding carboxylic acids is 2. The minimum absolute atomic E-state index is 0.0522. The van der Waals surface area contributed by atoms with E-state index in [1.165, 1.54) is 4.90 Å². The molecule has 2 amide bonds. The number of rotatable bonds is 5. The van der Waals surface area contributed by atoms with Crippen molar-refractivity contribution in [1.82, 2.24) is 4.90 Å². The Morgan fingerprint density at radius 1 is 1.43 bits per heavy atom. The van der Waals surface area contributed by atoms with Crippen LogP contribution >= 0.6 is 11.6 Å². The Morgan fingerprint density at radius 2 is 2.14 bits per heavy atom. The van der Waals surface area contributed by atoms with Gasteiger partial charge in [-0.2, -0.15) is 0 Å². The Balaban J connectivity index is 1.89. The maximum Gasteiger partial charge on any atom is 0.252 e. The summed E-state index contributed by atoms with van der Waals surface area (Å²) in [4.78, 5) is 25.5. The third kappa shape index (κ3) is 4.42. The van der Waals surface area contributed by atoms with E-state index < -0.39 is 6.10 Å². The van der Waals surface area contributed by atoms with Gasteiger partial charge in [-0.25, -0.2) is 0 Å². The van der Waals surface area contributed by atoms with E-state index >= 15 is 0 Å². The van der Waals surface area contributed by atoms with E-state index in [2.05, 4.69) is 5.32 Å². The molecule has 0 radical (unpaired) electrons. The van der Waals surface area contributed by atoms with E-state index in [1.807, 2.05) is 0 Å². The molecule has 0 unspecified atom stereocenters. The molecule has 0 bridgehead atoms. The maximum atomic E-state index is 12.0. The first-order chi connectivity index (χ1) is 10.1. The van der Waals surface area contributed by atoms with Gasteiger partial charge in [0.2, 0.25) is 5.91 Å². The molecule has 1 aromatic carbocycles. The smallest absolute Gasteiger partial charge is 0.252 e. The average molecular weight is 313 g/mol. The Morgan fingerprint density at radius 3 is 2.81 bits per heavy atom. The van der Waals surface area contributed by atoms with Crippen LogP contribution in [0.3, 0.4) is 0 Å². The number of anilines is 1. The second-order valence-electron chi connectivity index (χ2n) is 4.67. The summed E-state index contributed by atoms with van der Waals surface area (Å²) in [5, 5.41) is 12.2. The van der Waals surface area contributed by atoms with Gasteiger partial charge in [-0.3, -0.25) is 9.59 Å². The lowest BCUT2D eigenvalue weighted by Crippen LogP contribution is -2.49. The molecular formula is C14H17ClN2O4. The van der Waals surface area contributed by atoms with Gasteiger partial charge in [0.15, 0.2) is 0 Å². The van der Waals surface area contributed by atoms with E-state index in [9.17, 15) is 9.59 Å². The van der Waals surface area contributed by atoms with E-state index in [0.717, 1.165) is 0 Å². The molecule has 21 heavy (non-hydrogen) atoms. The van der Waals surface area contributed by atoms with E-state index in [1.54, 1.807) is 24.3 Å². The highest BCUT2D eigenvalue weighted by Crippen LogP contribution is 2.15. The number of nitrogens with zero attached hydrogens (tertiary/aromatic N) is 1. The monoisotopic (exact) mass is 312 g/mol. The maximum absolute atomic E-state index is 12.0. The Kier molecular flexibility index (Phi) is 5.55. The Hall–Kier alpha value is -1.63. The number of morpholine rings is 1. The van der Waals surface area contributed by atoms with Crippen LogP contribution in [0.5, 0.6) is 0 Å². The molecule has 1 aromatic rings. The third-order valence-corrected chi connectivity index (χ3v) is 3.39. The molecule has 1 atom stereocenters. The number of amides is 2. The zero-order valence-corrected chi connectivity index (χ0v) is 12.2. The highest BCUT2D eigenvalue weighted by atomic mass is 35.5. The molecule has 2 N–H and O–H groups in total. The standard InChI is InChI=1S/C14H17ClN2O4/c15-10-1-3-11(4-2-10)16-13(19)9-12-14(20)17(5-7-18)6-8-21-12/h1-4,12,18H,5-9H2,(H,16,19)/t12-/m0/s1. The molecule has 1 aliphatic rings. The van der Waals surface area contributed by atoms with Gasteiger partial charge in [0.05, 0.1) is 19.6 Å². The van der Waals surface area contributed by atoms with E-state index in [4.69, 9.17) is 21.4 Å². The van der Waals surface area contributed by atoms with Crippen LogP contribution in [0.15, 0.2) is 24.3 Å². The second-order valence-corrected chi connectivity index (χ2v) is 5.10. The summed E-state index contributed by atoms with van der Waals surface area (Å²) in [7, 11) is 0. The molecular weight excluding hydrogens is 296 g/mol. The number of ether oxygens (including phenoxy) is 1. The third-order valence-electron chi connectivity index (χ3n) is 3.14.